The van der Waals surface area contributed by atoms with Gasteiger partial charge in [-0.3, -0.25) is 19.2 Å². The molecule has 0 spiro atoms. The van der Waals surface area contributed by atoms with E-state index in [0.29, 0.717) is 21.4 Å². The molecule has 1 aliphatic carbocycles. The number of ketones is 1. The quantitative estimate of drug-likeness (QED) is 0.812. The highest BCUT2D eigenvalue weighted by atomic mass is 32.1. The van der Waals surface area contributed by atoms with E-state index in [4.69, 9.17) is 0 Å². The standard InChI is InChI=1S/C14H16N4O2S/c1-8-12(9(2)19)21-14(16-8)18(10-4-5-10)13(20)11-6-7-15-17(11)3/h6-7,10H,4-5H2,1-3H3. The number of aromatic nitrogens is 3. The van der Waals surface area contributed by atoms with Gasteiger partial charge in [0.05, 0.1) is 10.6 Å². The molecular weight excluding hydrogens is 288 g/mol. The van der Waals surface area contributed by atoms with Crippen LogP contribution < -0.4 is 4.90 Å². The van der Waals surface area contributed by atoms with Crippen LogP contribution in [-0.2, 0) is 7.05 Å². The van der Waals surface area contributed by atoms with Crippen molar-refractivity contribution in [2.75, 3.05) is 4.90 Å². The van der Waals surface area contributed by atoms with E-state index in [2.05, 4.69) is 10.1 Å². The van der Waals surface area contributed by atoms with Gasteiger partial charge in [-0.2, -0.15) is 5.10 Å². The van der Waals surface area contributed by atoms with Crippen molar-refractivity contribution in [2.24, 2.45) is 7.05 Å². The van der Waals surface area contributed by atoms with Gasteiger partial charge >= 0.3 is 0 Å². The largest absolute Gasteiger partial charge is 0.294 e. The van der Waals surface area contributed by atoms with Crippen LogP contribution in [0.4, 0.5) is 5.13 Å². The molecule has 7 heteroatoms. The van der Waals surface area contributed by atoms with Gasteiger partial charge in [0.25, 0.3) is 5.91 Å². The van der Waals surface area contributed by atoms with Crippen molar-refractivity contribution in [3.05, 3.63) is 28.5 Å². The second-order valence-electron chi connectivity index (χ2n) is 5.21. The van der Waals surface area contributed by atoms with E-state index in [0.717, 1.165) is 12.8 Å². The molecule has 0 aromatic carbocycles. The molecule has 0 bridgehead atoms. The number of anilines is 1. The van der Waals surface area contributed by atoms with Gasteiger partial charge in [-0.1, -0.05) is 11.3 Å². The molecule has 6 nitrogen and oxygen atoms in total. The molecule has 0 unspecified atom stereocenters. The third kappa shape index (κ3) is 2.49. The lowest BCUT2D eigenvalue weighted by Crippen LogP contribution is -2.34. The van der Waals surface area contributed by atoms with Crippen LogP contribution in [0.2, 0.25) is 0 Å². The summed E-state index contributed by atoms with van der Waals surface area (Å²) in [5.74, 6) is -0.124. The molecule has 2 aromatic rings. The summed E-state index contributed by atoms with van der Waals surface area (Å²) in [6.45, 7) is 3.32. The average Bonchev–Trinajstić information content (AvgIpc) is 3.03. The Morgan fingerprint density at radius 1 is 1.43 bits per heavy atom. The van der Waals surface area contributed by atoms with Crippen LogP contribution in [0.15, 0.2) is 12.3 Å². The van der Waals surface area contributed by atoms with Crippen LogP contribution in [0.5, 0.6) is 0 Å². The van der Waals surface area contributed by atoms with Crippen LogP contribution in [0.25, 0.3) is 0 Å². The highest BCUT2D eigenvalue weighted by molar-refractivity contribution is 7.17. The van der Waals surface area contributed by atoms with Gasteiger partial charge in [0.1, 0.15) is 5.69 Å². The monoisotopic (exact) mass is 304 g/mol. The number of aryl methyl sites for hydroxylation is 2. The van der Waals surface area contributed by atoms with Crippen LogP contribution in [0.3, 0.4) is 0 Å². The fourth-order valence-corrected chi connectivity index (χ4v) is 3.29. The summed E-state index contributed by atoms with van der Waals surface area (Å²) in [5, 5.41) is 4.65. The van der Waals surface area contributed by atoms with E-state index in [1.807, 2.05) is 0 Å². The van der Waals surface area contributed by atoms with Crippen molar-refractivity contribution in [1.29, 1.82) is 0 Å². The lowest BCUT2D eigenvalue weighted by molar-refractivity contribution is 0.0974. The molecule has 1 amide bonds. The Hall–Kier alpha value is -2.02. The summed E-state index contributed by atoms with van der Waals surface area (Å²) in [5.41, 5.74) is 1.21. The molecule has 1 fully saturated rings. The Labute approximate surface area is 126 Å². The molecule has 1 aliphatic rings. The third-order valence-electron chi connectivity index (χ3n) is 3.48. The Balaban J connectivity index is 1.99. The van der Waals surface area contributed by atoms with Crippen LogP contribution in [-0.4, -0.2) is 32.5 Å². The van der Waals surface area contributed by atoms with E-state index in [9.17, 15) is 9.59 Å². The van der Waals surface area contributed by atoms with E-state index < -0.39 is 0 Å². The Morgan fingerprint density at radius 2 is 2.14 bits per heavy atom. The van der Waals surface area contributed by atoms with Gasteiger partial charge in [0.15, 0.2) is 10.9 Å². The molecule has 3 rings (SSSR count). The smallest absolute Gasteiger partial charge is 0.278 e. The highest BCUT2D eigenvalue weighted by Gasteiger charge is 2.37. The summed E-state index contributed by atoms with van der Waals surface area (Å²) < 4.78 is 1.56. The van der Waals surface area contributed by atoms with Crippen LogP contribution in [0.1, 0.15) is 45.6 Å². The molecule has 0 aliphatic heterocycles. The number of amides is 1. The molecule has 2 heterocycles. The molecule has 0 atom stereocenters. The Morgan fingerprint density at radius 3 is 2.62 bits per heavy atom. The normalized spacial score (nSPS) is 14.2. The predicted octanol–water partition coefficient (Wildman–Crippen LogP) is 2.20. The second kappa shape index (κ2) is 5.07. The maximum atomic E-state index is 12.7. The topological polar surface area (TPSA) is 68.1 Å². The fourth-order valence-electron chi connectivity index (χ4n) is 2.26. The van der Waals surface area contributed by atoms with E-state index >= 15 is 0 Å². The molecular formula is C14H16N4O2S. The summed E-state index contributed by atoms with van der Waals surface area (Å²) in [6, 6.07) is 1.88. The van der Waals surface area contributed by atoms with Crippen LogP contribution in [0, 0.1) is 6.92 Å². The number of rotatable bonds is 4. The van der Waals surface area contributed by atoms with E-state index in [1.165, 1.54) is 18.3 Å². The zero-order chi connectivity index (χ0) is 15.1. The van der Waals surface area contributed by atoms with Gasteiger partial charge in [-0.25, -0.2) is 4.98 Å². The first-order valence-electron chi connectivity index (χ1n) is 6.79. The number of nitrogens with zero attached hydrogens (tertiary/aromatic N) is 4. The molecule has 0 saturated heterocycles. The molecule has 1 saturated carbocycles. The first kappa shape index (κ1) is 13.9. The SMILES string of the molecule is CC(=O)c1sc(N(C(=O)c2ccnn2C)C2CC2)nc1C. The number of thiazole rings is 1. The first-order chi connectivity index (χ1) is 9.99. The van der Waals surface area contributed by atoms with Crippen molar-refractivity contribution in [3.8, 4) is 0 Å². The number of hydrogen-bond donors (Lipinski definition) is 0. The third-order valence-corrected chi connectivity index (χ3v) is 4.74. The van der Waals surface area contributed by atoms with Crippen LogP contribution >= 0.6 is 11.3 Å². The van der Waals surface area contributed by atoms with Crippen molar-refractivity contribution in [3.63, 3.8) is 0 Å². The molecule has 110 valence electrons. The number of hydrogen-bond acceptors (Lipinski definition) is 5. The maximum Gasteiger partial charge on any atom is 0.278 e. The molecule has 2 aromatic heterocycles. The van der Waals surface area contributed by atoms with E-state index in [-0.39, 0.29) is 17.7 Å². The zero-order valence-corrected chi connectivity index (χ0v) is 13.0. The van der Waals surface area contributed by atoms with Crippen molar-refractivity contribution < 1.29 is 9.59 Å². The minimum atomic E-state index is -0.110. The Kier molecular flexibility index (Phi) is 3.36. The molecule has 0 N–H and O–H groups in total. The van der Waals surface area contributed by atoms with Crippen molar-refractivity contribution >= 4 is 28.2 Å². The molecule has 0 radical (unpaired) electrons. The lowest BCUT2D eigenvalue weighted by Gasteiger charge is -2.19. The number of carbonyl (C=O) groups excluding carboxylic acids is 2. The number of carbonyl (C=O) groups is 2. The van der Waals surface area contributed by atoms with Gasteiger partial charge in [0.2, 0.25) is 0 Å². The lowest BCUT2D eigenvalue weighted by atomic mass is 10.3. The first-order valence-corrected chi connectivity index (χ1v) is 7.60. The summed E-state index contributed by atoms with van der Waals surface area (Å²) >= 11 is 1.29. The van der Waals surface area contributed by atoms with Crippen molar-refractivity contribution in [2.45, 2.75) is 32.7 Å². The summed E-state index contributed by atoms with van der Waals surface area (Å²) in [6.07, 6.45) is 3.54. The average molecular weight is 304 g/mol. The fraction of sp³-hybridized carbons (Fsp3) is 0.429. The second-order valence-corrected chi connectivity index (χ2v) is 6.19. The minimum absolute atomic E-state index is 0.0139. The van der Waals surface area contributed by atoms with Gasteiger partial charge < -0.3 is 0 Å². The van der Waals surface area contributed by atoms with Gasteiger partial charge in [-0.05, 0) is 25.8 Å². The molecule has 21 heavy (non-hydrogen) atoms. The maximum absolute atomic E-state index is 12.7. The number of Topliss-reactive ketones (excluding diaryl/α,β-unsaturated/α-hetero) is 1. The van der Waals surface area contributed by atoms with Gasteiger partial charge in [-0.15, -0.1) is 0 Å². The zero-order valence-electron chi connectivity index (χ0n) is 12.2. The highest BCUT2D eigenvalue weighted by Crippen LogP contribution is 2.36. The summed E-state index contributed by atoms with van der Waals surface area (Å²) in [4.78, 5) is 31.1. The minimum Gasteiger partial charge on any atom is -0.294 e. The summed E-state index contributed by atoms with van der Waals surface area (Å²) in [7, 11) is 1.74. The Bertz CT molecular complexity index is 714. The van der Waals surface area contributed by atoms with E-state index in [1.54, 1.807) is 35.8 Å². The van der Waals surface area contributed by atoms with Crippen molar-refractivity contribution in [1.82, 2.24) is 14.8 Å². The predicted molar refractivity (Wildman–Crippen MR) is 79.9 cm³/mol. The van der Waals surface area contributed by atoms with Gasteiger partial charge in [0, 0.05) is 26.2 Å².